The molecule has 0 aliphatic rings. The summed E-state index contributed by atoms with van der Waals surface area (Å²) in [6.07, 6.45) is 2.31. The van der Waals surface area contributed by atoms with Gasteiger partial charge in [-0.25, -0.2) is 0 Å². The maximum Gasteiger partial charge on any atom is 0.269 e. The van der Waals surface area contributed by atoms with E-state index in [-0.39, 0.29) is 5.91 Å². The molecule has 16 heavy (non-hydrogen) atoms. The Morgan fingerprint density at radius 2 is 2.44 bits per heavy atom. The van der Waals surface area contributed by atoms with Crippen molar-refractivity contribution in [3.63, 3.8) is 0 Å². The van der Waals surface area contributed by atoms with Gasteiger partial charge in [0.25, 0.3) is 5.91 Å². The molecule has 1 rings (SSSR count). The molecule has 0 spiro atoms. The minimum absolute atomic E-state index is 0.205. The third-order valence-electron chi connectivity index (χ3n) is 1.97. The van der Waals surface area contributed by atoms with E-state index in [0.29, 0.717) is 31.1 Å². The molecule has 0 atom stereocenters. The summed E-state index contributed by atoms with van der Waals surface area (Å²) in [5.74, 6) is -0.205. The van der Waals surface area contributed by atoms with Crippen LogP contribution in [0.15, 0.2) is 18.3 Å². The van der Waals surface area contributed by atoms with Crippen LogP contribution in [0.1, 0.15) is 23.8 Å². The minimum atomic E-state index is -0.205. The number of rotatable bonds is 6. The lowest BCUT2D eigenvalue weighted by Crippen LogP contribution is -2.26. The molecule has 0 aliphatic carbocycles. The number of hydrogen-bond donors (Lipinski definition) is 2. The summed E-state index contributed by atoms with van der Waals surface area (Å²) >= 11 is 0. The zero-order valence-electron chi connectivity index (χ0n) is 9.40. The number of nitrogen functional groups attached to an aromatic ring is 1. The van der Waals surface area contributed by atoms with Crippen LogP contribution in [0.4, 0.5) is 5.69 Å². The van der Waals surface area contributed by atoms with Gasteiger partial charge in [-0.05, 0) is 25.5 Å². The van der Waals surface area contributed by atoms with Crippen LogP contribution in [0.3, 0.4) is 0 Å². The first kappa shape index (κ1) is 12.4. The Labute approximate surface area is 95.0 Å². The van der Waals surface area contributed by atoms with Crippen LogP contribution in [-0.4, -0.2) is 30.6 Å². The highest BCUT2D eigenvalue weighted by Crippen LogP contribution is 2.02. The largest absolute Gasteiger partial charge is 0.399 e. The predicted molar refractivity (Wildman–Crippen MR) is 62.1 cm³/mol. The molecular weight excluding hydrogens is 206 g/mol. The lowest BCUT2D eigenvalue weighted by Gasteiger charge is -2.05. The molecule has 5 nitrogen and oxygen atoms in total. The molecule has 88 valence electrons. The van der Waals surface area contributed by atoms with Crippen LogP contribution >= 0.6 is 0 Å². The van der Waals surface area contributed by atoms with Gasteiger partial charge in [0.05, 0.1) is 0 Å². The number of nitrogens with zero attached hydrogens (tertiary/aromatic N) is 1. The smallest absolute Gasteiger partial charge is 0.269 e. The van der Waals surface area contributed by atoms with Gasteiger partial charge in [0.15, 0.2) is 0 Å². The summed E-state index contributed by atoms with van der Waals surface area (Å²) in [5.41, 5.74) is 6.43. The molecule has 0 aliphatic heterocycles. The number of aromatic nitrogens is 1. The number of amides is 1. The first-order valence-electron chi connectivity index (χ1n) is 5.31. The topological polar surface area (TPSA) is 77.2 Å². The van der Waals surface area contributed by atoms with Gasteiger partial charge in [0, 0.05) is 31.6 Å². The molecule has 1 amide bonds. The van der Waals surface area contributed by atoms with Crippen molar-refractivity contribution in [2.45, 2.75) is 13.3 Å². The van der Waals surface area contributed by atoms with Crippen LogP contribution in [0.25, 0.3) is 0 Å². The van der Waals surface area contributed by atoms with Gasteiger partial charge in [0.1, 0.15) is 5.69 Å². The van der Waals surface area contributed by atoms with E-state index in [1.165, 1.54) is 6.20 Å². The molecule has 1 aromatic rings. The number of anilines is 1. The Morgan fingerprint density at radius 1 is 1.62 bits per heavy atom. The fourth-order valence-corrected chi connectivity index (χ4v) is 1.18. The van der Waals surface area contributed by atoms with E-state index in [1.807, 2.05) is 6.92 Å². The number of ether oxygens (including phenoxy) is 1. The molecule has 0 aromatic carbocycles. The number of pyridine rings is 1. The van der Waals surface area contributed by atoms with Gasteiger partial charge in [-0.15, -0.1) is 0 Å². The van der Waals surface area contributed by atoms with E-state index in [4.69, 9.17) is 10.5 Å². The second-order valence-electron chi connectivity index (χ2n) is 3.28. The number of hydrogen-bond acceptors (Lipinski definition) is 4. The van der Waals surface area contributed by atoms with Crippen molar-refractivity contribution in [2.24, 2.45) is 0 Å². The highest BCUT2D eigenvalue weighted by molar-refractivity contribution is 5.92. The molecule has 0 saturated heterocycles. The van der Waals surface area contributed by atoms with Crippen LogP contribution in [-0.2, 0) is 4.74 Å². The number of carbonyl (C=O) groups is 1. The number of nitrogens with two attached hydrogens (primary N) is 1. The zero-order valence-corrected chi connectivity index (χ0v) is 9.40. The number of nitrogens with one attached hydrogen (secondary N) is 1. The van der Waals surface area contributed by atoms with E-state index in [9.17, 15) is 4.79 Å². The Balaban J connectivity index is 2.30. The lowest BCUT2D eigenvalue weighted by atomic mass is 10.3. The van der Waals surface area contributed by atoms with E-state index in [0.717, 1.165) is 6.42 Å². The molecule has 1 aromatic heterocycles. The summed E-state index contributed by atoms with van der Waals surface area (Å²) in [6.45, 7) is 3.87. The third kappa shape index (κ3) is 4.27. The van der Waals surface area contributed by atoms with Gasteiger partial charge in [0.2, 0.25) is 0 Å². The van der Waals surface area contributed by atoms with Gasteiger partial charge in [-0.1, -0.05) is 0 Å². The molecule has 0 saturated carbocycles. The first-order chi connectivity index (χ1) is 7.74. The maximum absolute atomic E-state index is 11.6. The highest BCUT2D eigenvalue weighted by Gasteiger charge is 2.05. The molecule has 0 unspecified atom stereocenters. The summed E-state index contributed by atoms with van der Waals surface area (Å²) in [5, 5.41) is 2.75. The minimum Gasteiger partial charge on any atom is -0.399 e. The standard InChI is InChI=1S/C11H17N3O2/c1-2-16-7-3-5-14-11(15)10-8-9(12)4-6-13-10/h4,6,8H,2-3,5,7H2,1H3,(H2,12,13)(H,14,15). The van der Waals surface area contributed by atoms with Gasteiger partial charge in [-0.3, -0.25) is 9.78 Å². The van der Waals surface area contributed by atoms with Crippen LogP contribution < -0.4 is 11.1 Å². The first-order valence-corrected chi connectivity index (χ1v) is 5.31. The third-order valence-corrected chi connectivity index (χ3v) is 1.97. The predicted octanol–water partition coefficient (Wildman–Crippen LogP) is 0.820. The molecule has 0 bridgehead atoms. The average molecular weight is 223 g/mol. The summed E-state index contributed by atoms with van der Waals surface area (Å²) in [4.78, 5) is 15.5. The van der Waals surface area contributed by atoms with Crippen molar-refractivity contribution in [1.82, 2.24) is 10.3 Å². The van der Waals surface area contributed by atoms with Crippen LogP contribution in [0.2, 0.25) is 0 Å². The molecular formula is C11H17N3O2. The summed E-state index contributed by atoms with van der Waals surface area (Å²) < 4.78 is 5.15. The van der Waals surface area contributed by atoms with Gasteiger partial charge < -0.3 is 15.8 Å². The normalized spacial score (nSPS) is 10.1. The van der Waals surface area contributed by atoms with Crippen molar-refractivity contribution in [1.29, 1.82) is 0 Å². The van der Waals surface area contributed by atoms with Crippen molar-refractivity contribution < 1.29 is 9.53 Å². The quantitative estimate of drug-likeness (QED) is 0.700. The molecule has 5 heteroatoms. The average Bonchev–Trinajstić information content (AvgIpc) is 2.28. The Morgan fingerprint density at radius 3 is 3.12 bits per heavy atom. The van der Waals surface area contributed by atoms with E-state index in [1.54, 1.807) is 12.1 Å². The Kier molecular flexibility index (Phi) is 5.28. The van der Waals surface area contributed by atoms with Crippen molar-refractivity contribution in [3.05, 3.63) is 24.0 Å². The fourth-order valence-electron chi connectivity index (χ4n) is 1.18. The number of carbonyl (C=O) groups excluding carboxylic acids is 1. The molecule has 0 fully saturated rings. The second-order valence-corrected chi connectivity index (χ2v) is 3.28. The Bertz CT molecular complexity index is 342. The lowest BCUT2D eigenvalue weighted by molar-refractivity contribution is 0.0939. The highest BCUT2D eigenvalue weighted by atomic mass is 16.5. The zero-order chi connectivity index (χ0) is 11.8. The molecule has 1 heterocycles. The van der Waals surface area contributed by atoms with Gasteiger partial charge in [-0.2, -0.15) is 0 Å². The maximum atomic E-state index is 11.6. The van der Waals surface area contributed by atoms with E-state index in [2.05, 4.69) is 10.3 Å². The monoisotopic (exact) mass is 223 g/mol. The molecule has 0 radical (unpaired) electrons. The molecule has 3 N–H and O–H groups in total. The van der Waals surface area contributed by atoms with Crippen molar-refractivity contribution >= 4 is 11.6 Å². The van der Waals surface area contributed by atoms with Crippen LogP contribution in [0, 0.1) is 0 Å². The van der Waals surface area contributed by atoms with Crippen molar-refractivity contribution in [2.75, 3.05) is 25.5 Å². The van der Waals surface area contributed by atoms with Gasteiger partial charge >= 0.3 is 0 Å². The summed E-state index contributed by atoms with van der Waals surface area (Å²) in [6, 6.07) is 3.20. The summed E-state index contributed by atoms with van der Waals surface area (Å²) in [7, 11) is 0. The fraction of sp³-hybridized carbons (Fsp3) is 0.455. The van der Waals surface area contributed by atoms with E-state index >= 15 is 0 Å². The van der Waals surface area contributed by atoms with E-state index < -0.39 is 0 Å². The SMILES string of the molecule is CCOCCCNC(=O)c1cc(N)ccn1. The van der Waals surface area contributed by atoms with Crippen LogP contribution in [0.5, 0.6) is 0 Å². The Hall–Kier alpha value is -1.62. The van der Waals surface area contributed by atoms with Crippen molar-refractivity contribution in [3.8, 4) is 0 Å². The second kappa shape index (κ2) is 6.79.